The van der Waals surface area contributed by atoms with E-state index < -0.39 is 11.0 Å². The number of ether oxygens (including phenoxy) is 2. The second kappa shape index (κ2) is 9.00. The van der Waals surface area contributed by atoms with E-state index in [2.05, 4.69) is 5.32 Å². The number of nitro groups is 1. The normalized spacial score (nSPS) is 12.7. The van der Waals surface area contributed by atoms with Crippen molar-refractivity contribution in [2.45, 2.75) is 19.5 Å². The van der Waals surface area contributed by atoms with Gasteiger partial charge in [-0.3, -0.25) is 14.9 Å². The lowest BCUT2D eigenvalue weighted by atomic mass is 10.1. The summed E-state index contributed by atoms with van der Waals surface area (Å²) in [4.78, 5) is 24.1. The lowest BCUT2D eigenvalue weighted by molar-refractivity contribution is -0.907. The number of anilines is 1. The molecule has 8 heteroatoms. The van der Waals surface area contributed by atoms with Gasteiger partial charge >= 0.3 is 0 Å². The number of methoxy groups -OCH3 is 2. The molecule has 8 nitrogen and oxygen atoms in total. The van der Waals surface area contributed by atoms with E-state index in [0.29, 0.717) is 18.0 Å². The van der Waals surface area contributed by atoms with Crippen LogP contribution in [0.5, 0.6) is 11.5 Å². The highest BCUT2D eigenvalue weighted by molar-refractivity contribution is 5.95. The number of amides is 1. The van der Waals surface area contributed by atoms with E-state index in [1.165, 1.54) is 12.1 Å². The Morgan fingerprint density at radius 1 is 1.19 bits per heavy atom. The standard InChI is InChI=1S/C19H23N3O5/c1-13(19(23)20-15-9-5-6-10-16(15)22(24)25)21(2)12-14-8-7-11-17(26-3)18(14)27-4/h5-11,13H,12H2,1-4H3,(H,20,23)/p+1/t13-/m0/s1. The van der Waals surface area contributed by atoms with Crippen molar-refractivity contribution < 1.29 is 24.1 Å². The molecule has 1 amide bonds. The average molecular weight is 374 g/mol. The van der Waals surface area contributed by atoms with E-state index in [0.717, 1.165) is 10.5 Å². The maximum absolute atomic E-state index is 12.6. The lowest BCUT2D eigenvalue weighted by Gasteiger charge is -2.22. The summed E-state index contributed by atoms with van der Waals surface area (Å²) in [5, 5.41) is 13.8. The molecule has 1 unspecified atom stereocenters. The van der Waals surface area contributed by atoms with E-state index in [1.54, 1.807) is 33.3 Å². The van der Waals surface area contributed by atoms with Gasteiger partial charge < -0.3 is 19.7 Å². The van der Waals surface area contributed by atoms with Crippen LogP contribution in [-0.4, -0.2) is 38.1 Å². The Morgan fingerprint density at radius 3 is 2.52 bits per heavy atom. The van der Waals surface area contributed by atoms with Crippen LogP contribution in [-0.2, 0) is 11.3 Å². The van der Waals surface area contributed by atoms with Crippen LogP contribution in [0.25, 0.3) is 0 Å². The monoisotopic (exact) mass is 374 g/mol. The first-order valence-corrected chi connectivity index (χ1v) is 8.45. The molecule has 0 bridgehead atoms. The molecule has 0 heterocycles. The molecule has 2 atom stereocenters. The molecule has 0 saturated carbocycles. The molecule has 2 aromatic carbocycles. The Hall–Kier alpha value is -3.13. The van der Waals surface area contributed by atoms with Gasteiger partial charge in [0.2, 0.25) is 0 Å². The summed E-state index contributed by atoms with van der Waals surface area (Å²) in [6.07, 6.45) is 0. The summed E-state index contributed by atoms with van der Waals surface area (Å²) in [6.45, 7) is 2.29. The summed E-state index contributed by atoms with van der Waals surface area (Å²) in [7, 11) is 5.02. The molecule has 0 radical (unpaired) electrons. The van der Waals surface area contributed by atoms with E-state index >= 15 is 0 Å². The van der Waals surface area contributed by atoms with Gasteiger partial charge in [0, 0.05) is 6.07 Å². The Morgan fingerprint density at radius 2 is 1.89 bits per heavy atom. The summed E-state index contributed by atoms with van der Waals surface area (Å²) in [5.41, 5.74) is 0.955. The zero-order chi connectivity index (χ0) is 20.0. The van der Waals surface area contributed by atoms with Crippen LogP contribution in [0.2, 0.25) is 0 Å². The predicted molar refractivity (Wildman–Crippen MR) is 101 cm³/mol. The van der Waals surface area contributed by atoms with Crippen molar-refractivity contribution in [1.29, 1.82) is 0 Å². The Kier molecular flexibility index (Phi) is 6.73. The maximum Gasteiger partial charge on any atom is 0.292 e. The number of rotatable bonds is 8. The number of hydrogen-bond donors (Lipinski definition) is 2. The molecule has 0 spiro atoms. The van der Waals surface area contributed by atoms with Gasteiger partial charge in [0.25, 0.3) is 11.6 Å². The summed E-state index contributed by atoms with van der Waals surface area (Å²) in [5.74, 6) is 0.953. The number of para-hydroxylation sites is 3. The zero-order valence-electron chi connectivity index (χ0n) is 15.8. The Bertz CT molecular complexity index is 825. The van der Waals surface area contributed by atoms with Crippen molar-refractivity contribution in [3.05, 3.63) is 58.1 Å². The molecule has 0 aromatic heterocycles. The highest BCUT2D eigenvalue weighted by Gasteiger charge is 2.25. The molecule has 0 saturated heterocycles. The van der Waals surface area contributed by atoms with Crippen LogP contribution < -0.4 is 19.7 Å². The van der Waals surface area contributed by atoms with E-state index in [4.69, 9.17) is 9.47 Å². The van der Waals surface area contributed by atoms with Crippen molar-refractivity contribution in [3.8, 4) is 11.5 Å². The van der Waals surface area contributed by atoms with Crippen molar-refractivity contribution in [3.63, 3.8) is 0 Å². The summed E-state index contributed by atoms with van der Waals surface area (Å²) in [6, 6.07) is 11.2. The highest BCUT2D eigenvalue weighted by atomic mass is 16.6. The molecule has 0 aliphatic rings. The van der Waals surface area contributed by atoms with Crippen LogP contribution in [0.1, 0.15) is 12.5 Å². The third kappa shape index (κ3) is 4.73. The SMILES string of the molecule is COc1cccc(C[NH+](C)[C@@H](C)C(=O)Nc2ccccc2[N+](=O)[O-])c1OC. The molecule has 144 valence electrons. The number of likely N-dealkylation sites (N-methyl/N-ethyl adjacent to an activating group) is 1. The van der Waals surface area contributed by atoms with Gasteiger partial charge in [0.15, 0.2) is 17.5 Å². The number of quaternary nitrogens is 1. The maximum atomic E-state index is 12.6. The molecule has 0 aliphatic heterocycles. The highest BCUT2D eigenvalue weighted by Crippen LogP contribution is 2.30. The van der Waals surface area contributed by atoms with Gasteiger partial charge in [-0.1, -0.05) is 18.2 Å². The van der Waals surface area contributed by atoms with Gasteiger partial charge in [-0.2, -0.15) is 0 Å². The number of hydrogen-bond acceptors (Lipinski definition) is 5. The lowest BCUT2D eigenvalue weighted by Crippen LogP contribution is -3.12. The third-order valence-corrected chi connectivity index (χ3v) is 4.44. The van der Waals surface area contributed by atoms with Gasteiger partial charge in [-0.15, -0.1) is 0 Å². The minimum absolute atomic E-state index is 0.134. The fraction of sp³-hybridized carbons (Fsp3) is 0.316. The van der Waals surface area contributed by atoms with Crippen molar-refractivity contribution in [2.24, 2.45) is 0 Å². The fourth-order valence-electron chi connectivity index (χ4n) is 2.75. The van der Waals surface area contributed by atoms with Crippen molar-refractivity contribution in [1.82, 2.24) is 0 Å². The van der Waals surface area contributed by atoms with Crippen LogP contribution in [0.4, 0.5) is 11.4 Å². The number of benzene rings is 2. The Labute approximate surface area is 157 Å². The number of nitrogens with zero attached hydrogens (tertiary/aromatic N) is 1. The van der Waals surface area contributed by atoms with E-state index in [9.17, 15) is 14.9 Å². The van der Waals surface area contributed by atoms with Crippen LogP contribution in [0, 0.1) is 10.1 Å². The number of carbonyl (C=O) groups excluding carboxylic acids is 1. The smallest absolute Gasteiger partial charge is 0.292 e. The van der Waals surface area contributed by atoms with Crippen LogP contribution in [0.15, 0.2) is 42.5 Å². The predicted octanol–water partition coefficient (Wildman–Crippen LogP) is 1.65. The summed E-state index contributed by atoms with van der Waals surface area (Å²) < 4.78 is 10.7. The van der Waals surface area contributed by atoms with E-state index in [1.807, 2.05) is 25.2 Å². The largest absolute Gasteiger partial charge is 0.493 e. The second-order valence-corrected chi connectivity index (χ2v) is 6.16. The molecule has 2 aromatic rings. The third-order valence-electron chi connectivity index (χ3n) is 4.44. The number of nitrogens with one attached hydrogen (secondary N) is 2. The molecule has 27 heavy (non-hydrogen) atoms. The molecule has 0 fully saturated rings. The van der Waals surface area contributed by atoms with Crippen LogP contribution >= 0.6 is 0 Å². The quantitative estimate of drug-likeness (QED) is 0.541. The minimum Gasteiger partial charge on any atom is -0.493 e. The first-order chi connectivity index (χ1) is 12.9. The van der Waals surface area contributed by atoms with Crippen LogP contribution in [0.3, 0.4) is 0 Å². The average Bonchev–Trinajstić information content (AvgIpc) is 2.67. The van der Waals surface area contributed by atoms with Gasteiger partial charge in [0.05, 0.1) is 31.8 Å². The number of nitro benzene ring substituents is 1. The van der Waals surface area contributed by atoms with E-state index in [-0.39, 0.29) is 17.3 Å². The van der Waals surface area contributed by atoms with Gasteiger partial charge in [-0.05, 0) is 25.1 Å². The molecule has 0 aliphatic carbocycles. The van der Waals surface area contributed by atoms with Crippen molar-refractivity contribution in [2.75, 3.05) is 26.6 Å². The topological polar surface area (TPSA) is 95.1 Å². The fourth-order valence-corrected chi connectivity index (χ4v) is 2.75. The molecule has 2 rings (SSSR count). The second-order valence-electron chi connectivity index (χ2n) is 6.16. The van der Waals surface area contributed by atoms with Gasteiger partial charge in [-0.25, -0.2) is 0 Å². The molecular formula is C19H24N3O5+. The first-order valence-electron chi connectivity index (χ1n) is 8.45. The van der Waals surface area contributed by atoms with Crippen molar-refractivity contribution >= 4 is 17.3 Å². The Balaban J connectivity index is 2.13. The minimum atomic E-state index is -0.516. The molecular weight excluding hydrogens is 350 g/mol. The number of carbonyl (C=O) groups is 1. The molecule has 2 N–H and O–H groups in total. The van der Waals surface area contributed by atoms with Gasteiger partial charge in [0.1, 0.15) is 12.2 Å². The summed E-state index contributed by atoms with van der Waals surface area (Å²) >= 11 is 0. The first kappa shape index (κ1) is 20.2. The zero-order valence-corrected chi connectivity index (χ0v) is 15.8.